The molecule has 1 aliphatic rings. The predicted octanol–water partition coefficient (Wildman–Crippen LogP) is 4.23. The molecule has 1 aliphatic carbocycles. The molecule has 1 saturated carbocycles. The maximum atomic E-state index is 12.6. The van der Waals surface area contributed by atoms with Crippen molar-refractivity contribution in [1.82, 2.24) is 29.9 Å². The highest BCUT2D eigenvalue weighted by Crippen LogP contribution is 2.35. The van der Waals surface area contributed by atoms with Crippen molar-refractivity contribution in [3.8, 4) is 11.3 Å². The van der Waals surface area contributed by atoms with Crippen LogP contribution in [0.3, 0.4) is 0 Å². The van der Waals surface area contributed by atoms with Crippen LogP contribution in [0.1, 0.15) is 58.3 Å². The number of nitrogens with one attached hydrogen (secondary N) is 2. The number of carbonyl (C=O) groups is 1. The number of nitrogens with zero attached hydrogens (tertiary/aromatic N) is 4. The standard InChI is InChI=1S/C22H24N6O/c1-12-13(2)26-27-21(12)20(29)8-15-7-16-9-19(25-22(16)23-10-15)18-11-24-28(14(18)3)17-5-4-6-17/h7,9-11,17H,4-6,8H2,1-3H3,(H,23,25)(H,26,27). The summed E-state index contributed by atoms with van der Waals surface area (Å²) in [5, 5.41) is 12.6. The summed E-state index contributed by atoms with van der Waals surface area (Å²) in [4.78, 5) is 20.6. The third-order valence-electron chi connectivity index (χ3n) is 6.16. The van der Waals surface area contributed by atoms with Gasteiger partial charge in [-0.1, -0.05) is 0 Å². The Balaban J connectivity index is 1.42. The summed E-state index contributed by atoms with van der Waals surface area (Å²) >= 11 is 0. The van der Waals surface area contributed by atoms with E-state index in [4.69, 9.17) is 0 Å². The molecule has 0 atom stereocenters. The van der Waals surface area contributed by atoms with Gasteiger partial charge in [0.25, 0.3) is 0 Å². The van der Waals surface area contributed by atoms with Crippen LogP contribution in [0.15, 0.2) is 24.5 Å². The topological polar surface area (TPSA) is 92.2 Å². The number of ketones is 1. The summed E-state index contributed by atoms with van der Waals surface area (Å²) < 4.78 is 2.15. The summed E-state index contributed by atoms with van der Waals surface area (Å²) in [5.41, 5.74) is 7.35. The van der Waals surface area contributed by atoms with Gasteiger partial charge in [0, 0.05) is 40.5 Å². The van der Waals surface area contributed by atoms with E-state index in [1.165, 1.54) is 25.0 Å². The van der Waals surface area contributed by atoms with E-state index in [2.05, 4.69) is 42.9 Å². The van der Waals surface area contributed by atoms with Crippen molar-refractivity contribution in [1.29, 1.82) is 0 Å². The second-order valence-electron chi connectivity index (χ2n) is 8.06. The zero-order valence-electron chi connectivity index (χ0n) is 16.9. The Kier molecular flexibility index (Phi) is 4.12. The number of aromatic nitrogens is 6. The van der Waals surface area contributed by atoms with Crippen molar-refractivity contribution in [2.45, 2.75) is 52.5 Å². The smallest absolute Gasteiger partial charge is 0.187 e. The quantitative estimate of drug-likeness (QED) is 0.501. The number of hydrogen-bond donors (Lipinski definition) is 2. The molecule has 7 nitrogen and oxygen atoms in total. The fourth-order valence-electron chi connectivity index (χ4n) is 4.02. The number of pyridine rings is 1. The van der Waals surface area contributed by atoms with Crippen LogP contribution >= 0.6 is 0 Å². The second kappa shape index (κ2) is 6.69. The molecule has 0 amide bonds. The van der Waals surface area contributed by atoms with Crippen molar-refractivity contribution < 1.29 is 4.79 Å². The fourth-order valence-corrected chi connectivity index (χ4v) is 4.02. The van der Waals surface area contributed by atoms with Crippen molar-refractivity contribution in [2.75, 3.05) is 0 Å². The highest BCUT2D eigenvalue weighted by Gasteiger charge is 2.23. The molecule has 4 aromatic rings. The first kappa shape index (κ1) is 17.8. The van der Waals surface area contributed by atoms with Gasteiger partial charge in [-0.2, -0.15) is 10.2 Å². The van der Waals surface area contributed by atoms with Crippen molar-refractivity contribution in [3.63, 3.8) is 0 Å². The molecule has 4 heterocycles. The molecule has 0 saturated heterocycles. The second-order valence-corrected chi connectivity index (χ2v) is 8.06. The molecule has 29 heavy (non-hydrogen) atoms. The van der Waals surface area contributed by atoms with Gasteiger partial charge >= 0.3 is 0 Å². The van der Waals surface area contributed by atoms with E-state index < -0.39 is 0 Å². The Morgan fingerprint density at radius 1 is 1.21 bits per heavy atom. The molecular formula is C22H24N6O. The summed E-state index contributed by atoms with van der Waals surface area (Å²) in [5.74, 6) is 0.00128. The van der Waals surface area contributed by atoms with Gasteiger partial charge in [0.2, 0.25) is 0 Å². The zero-order valence-corrected chi connectivity index (χ0v) is 16.9. The van der Waals surface area contributed by atoms with E-state index in [0.29, 0.717) is 11.7 Å². The van der Waals surface area contributed by atoms with Gasteiger partial charge in [-0.3, -0.25) is 14.6 Å². The number of Topliss-reactive ketones (excluding diaryl/α,β-unsaturated/α-hetero) is 1. The maximum Gasteiger partial charge on any atom is 0.187 e. The molecule has 0 aliphatic heterocycles. The van der Waals surface area contributed by atoms with Gasteiger partial charge in [-0.05, 0) is 57.7 Å². The molecule has 0 radical (unpaired) electrons. The highest BCUT2D eigenvalue weighted by atomic mass is 16.1. The zero-order chi connectivity index (χ0) is 20.1. The predicted molar refractivity (Wildman–Crippen MR) is 111 cm³/mol. The summed E-state index contributed by atoms with van der Waals surface area (Å²) in [7, 11) is 0. The summed E-state index contributed by atoms with van der Waals surface area (Å²) in [6, 6.07) is 4.66. The van der Waals surface area contributed by atoms with Gasteiger partial charge in [-0.15, -0.1) is 0 Å². The molecule has 7 heteroatoms. The molecule has 1 fully saturated rings. The lowest BCUT2D eigenvalue weighted by atomic mass is 9.93. The van der Waals surface area contributed by atoms with Gasteiger partial charge in [0.1, 0.15) is 11.3 Å². The molecule has 0 aromatic carbocycles. The van der Waals surface area contributed by atoms with Crippen LogP contribution in [0.5, 0.6) is 0 Å². The molecule has 5 rings (SSSR count). The molecule has 2 N–H and O–H groups in total. The van der Waals surface area contributed by atoms with Gasteiger partial charge < -0.3 is 4.98 Å². The number of aryl methyl sites for hydroxylation is 1. The molecule has 0 spiro atoms. The van der Waals surface area contributed by atoms with Crippen molar-refractivity contribution >= 4 is 16.8 Å². The first-order chi connectivity index (χ1) is 14.0. The van der Waals surface area contributed by atoms with E-state index in [0.717, 1.165) is 39.1 Å². The Bertz CT molecular complexity index is 1220. The monoisotopic (exact) mass is 388 g/mol. The number of fused-ring (bicyclic) bond motifs is 1. The van der Waals surface area contributed by atoms with Crippen LogP contribution in [0, 0.1) is 20.8 Å². The van der Waals surface area contributed by atoms with Crippen molar-refractivity contribution in [3.05, 3.63) is 52.7 Å². The number of aromatic amines is 2. The van der Waals surface area contributed by atoms with Crippen molar-refractivity contribution in [2.24, 2.45) is 0 Å². The molecule has 0 bridgehead atoms. The molecule has 4 aromatic heterocycles. The van der Waals surface area contributed by atoms with E-state index in [1.54, 1.807) is 6.20 Å². The Labute approximate surface area is 168 Å². The minimum atomic E-state index is 0.00128. The minimum absolute atomic E-state index is 0.00128. The fraction of sp³-hybridized carbons (Fsp3) is 0.364. The van der Waals surface area contributed by atoms with Gasteiger partial charge in [0.05, 0.1) is 17.9 Å². The Morgan fingerprint density at radius 3 is 2.72 bits per heavy atom. The third-order valence-corrected chi connectivity index (χ3v) is 6.16. The largest absolute Gasteiger partial charge is 0.339 e. The summed E-state index contributed by atoms with van der Waals surface area (Å²) in [6.07, 6.45) is 7.69. The highest BCUT2D eigenvalue weighted by molar-refractivity contribution is 5.97. The number of hydrogen-bond acceptors (Lipinski definition) is 4. The van der Waals surface area contributed by atoms with E-state index >= 15 is 0 Å². The van der Waals surface area contributed by atoms with Crippen LogP contribution in [0.25, 0.3) is 22.3 Å². The van der Waals surface area contributed by atoms with Crippen LogP contribution < -0.4 is 0 Å². The first-order valence-corrected chi connectivity index (χ1v) is 10.1. The molecule has 0 unspecified atom stereocenters. The van der Waals surface area contributed by atoms with E-state index in [1.807, 2.05) is 26.1 Å². The van der Waals surface area contributed by atoms with Gasteiger partial charge in [-0.25, -0.2) is 4.98 Å². The van der Waals surface area contributed by atoms with Gasteiger partial charge in [0.15, 0.2) is 5.78 Å². The average molecular weight is 388 g/mol. The SMILES string of the molecule is Cc1[nH]nc(C(=O)Cc2cnc3[nH]c(-c4cnn(C5CCC5)c4C)cc3c2)c1C. The van der Waals surface area contributed by atoms with Crippen LogP contribution in [-0.2, 0) is 6.42 Å². The van der Waals surface area contributed by atoms with E-state index in [9.17, 15) is 4.79 Å². The normalized spacial score (nSPS) is 14.4. The lowest BCUT2D eigenvalue weighted by Crippen LogP contribution is -2.19. The number of H-pyrrole nitrogens is 2. The average Bonchev–Trinajstić information content (AvgIpc) is 3.32. The number of rotatable bonds is 5. The number of carbonyl (C=O) groups excluding carboxylic acids is 1. The van der Waals surface area contributed by atoms with Crippen LogP contribution in [0.4, 0.5) is 0 Å². The molecular weight excluding hydrogens is 364 g/mol. The minimum Gasteiger partial charge on any atom is -0.339 e. The lowest BCUT2D eigenvalue weighted by Gasteiger charge is -2.27. The lowest BCUT2D eigenvalue weighted by molar-refractivity contribution is 0.0987. The van der Waals surface area contributed by atoms with Crippen LogP contribution in [0.2, 0.25) is 0 Å². The maximum absolute atomic E-state index is 12.6. The molecule has 148 valence electrons. The Morgan fingerprint density at radius 2 is 2.03 bits per heavy atom. The van der Waals surface area contributed by atoms with Crippen LogP contribution in [-0.4, -0.2) is 35.7 Å². The third kappa shape index (κ3) is 2.97. The summed E-state index contributed by atoms with van der Waals surface area (Å²) in [6.45, 7) is 5.96. The Hall–Kier alpha value is -3.22. The first-order valence-electron chi connectivity index (χ1n) is 10.1. The van der Waals surface area contributed by atoms with E-state index in [-0.39, 0.29) is 12.2 Å².